The van der Waals surface area contributed by atoms with E-state index in [1.165, 1.54) is 0 Å². The fourth-order valence-corrected chi connectivity index (χ4v) is 2.01. The van der Waals surface area contributed by atoms with Gasteiger partial charge in [0, 0.05) is 12.5 Å². The number of rotatable bonds is 6. The van der Waals surface area contributed by atoms with Gasteiger partial charge in [0.2, 0.25) is 5.91 Å². The van der Waals surface area contributed by atoms with Crippen molar-refractivity contribution in [3.63, 3.8) is 0 Å². The normalized spacial score (nSPS) is 19.6. The molecule has 1 saturated heterocycles. The Morgan fingerprint density at radius 1 is 1.35 bits per heavy atom. The standard InChI is InChI=1S/C12H20N2O3/c1-2-17-12(16)8-14(10-3-4-10)11(15)5-9-6-13-7-9/h9-10,13H,2-8H2,1H3. The zero-order valence-corrected chi connectivity index (χ0v) is 10.3. The number of hydrogen-bond donors (Lipinski definition) is 1. The van der Waals surface area contributed by atoms with Crippen molar-refractivity contribution in [2.45, 2.75) is 32.2 Å². The quantitative estimate of drug-likeness (QED) is 0.671. The van der Waals surface area contributed by atoms with Gasteiger partial charge in [-0.25, -0.2) is 0 Å². The van der Waals surface area contributed by atoms with Gasteiger partial charge in [0.05, 0.1) is 6.61 Å². The van der Waals surface area contributed by atoms with Crippen LogP contribution < -0.4 is 5.32 Å². The Bertz CT molecular complexity index is 298. The van der Waals surface area contributed by atoms with E-state index in [4.69, 9.17) is 4.74 Å². The monoisotopic (exact) mass is 240 g/mol. The van der Waals surface area contributed by atoms with Crippen molar-refractivity contribution in [1.82, 2.24) is 10.2 Å². The summed E-state index contributed by atoms with van der Waals surface area (Å²) in [4.78, 5) is 25.2. The fraction of sp³-hybridized carbons (Fsp3) is 0.833. The van der Waals surface area contributed by atoms with Gasteiger partial charge < -0.3 is 15.0 Å². The lowest BCUT2D eigenvalue weighted by Gasteiger charge is -2.29. The maximum atomic E-state index is 12.1. The highest BCUT2D eigenvalue weighted by molar-refractivity contribution is 5.82. The summed E-state index contributed by atoms with van der Waals surface area (Å²) < 4.78 is 4.90. The van der Waals surface area contributed by atoms with Gasteiger partial charge in [-0.1, -0.05) is 0 Å². The van der Waals surface area contributed by atoms with Crippen LogP contribution in [-0.2, 0) is 14.3 Å². The molecule has 1 amide bonds. The van der Waals surface area contributed by atoms with Crippen molar-refractivity contribution >= 4 is 11.9 Å². The number of nitrogens with one attached hydrogen (secondary N) is 1. The minimum atomic E-state index is -0.292. The Kier molecular flexibility index (Phi) is 3.99. The molecule has 0 radical (unpaired) electrons. The minimum Gasteiger partial charge on any atom is -0.465 e. The molecule has 0 spiro atoms. The molecule has 17 heavy (non-hydrogen) atoms. The molecule has 0 bridgehead atoms. The molecule has 1 saturated carbocycles. The Labute approximate surface area is 101 Å². The molecule has 1 aliphatic carbocycles. The highest BCUT2D eigenvalue weighted by Crippen LogP contribution is 2.28. The first-order valence-corrected chi connectivity index (χ1v) is 6.36. The van der Waals surface area contributed by atoms with Gasteiger partial charge in [0.1, 0.15) is 6.54 Å². The molecule has 96 valence electrons. The summed E-state index contributed by atoms with van der Waals surface area (Å²) in [5.41, 5.74) is 0. The first-order valence-electron chi connectivity index (χ1n) is 6.36. The smallest absolute Gasteiger partial charge is 0.325 e. The fourth-order valence-electron chi connectivity index (χ4n) is 2.01. The van der Waals surface area contributed by atoms with Crippen LogP contribution in [0.1, 0.15) is 26.2 Å². The average molecular weight is 240 g/mol. The largest absolute Gasteiger partial charge is 0.465 e. The van der Waals surface area contributed by atoms with E-state index >= 15 is 0 Å². The second kappa shape index (κ2) is 5.49. The van der Waals surface area contributed by atoms with Gasteiger partial charge in [0.15, 0.2) is 0 Å². The highest BCUT2D eigenvalue weighted by atomic mass is 16.5. The molecule has 0 aromatic rings. The zero-order chi connectivity index (χ0) is 12.3. The first kappa shape index (κ1) is 12.4. The van der Waals surface area contributed by atoms with E-state index in [1.54, 1.807) is 11.8 Å². The van der Waals surface area contributed by atoms with E-state index < -0.39 is 0 Å². The third-order valence-electron chi connectivity index (χ3n) is 3.24. The van der Waals surface area contributed by atoms with E-state index in [-0.39, 0.29) is 24.5 Å². The SMILES string of the molecule is CCOC(=O)CN(C(=O)CC1CNC1)C1CC1. The molecule has 2 aliphatic rings. The number of carbonyl (C=O) groups is 2. The van der Waals surface area contributed by atoms with Crippen LogP contribution in [-0.4, -0.2) is 49.1 Å². The number of nitrogens with zero attached hydrogens (tertiary/aromatic N) is 1. The third kappa shape index (κ3) is 3.43. The molecule has 0 atom stereocenters. The van der Waals surface area contributed by atoms with Gasteiger partial charge in [-0.2, -0.15) is 0 Å². The van der Waals surface area contributed by atoms with E-state index in [9.17, 15) is 9.59 Å². The Hall–Kier alpha value is -1.10. The molecule has 0 aromatic heterocycles. The summed E-state index contributed by atoms with van der Waals surface area (Å²) in [5, 5.41) is 3.15. The van der Waals surface area contributed by atoms with Crippen molar-refractivity contribution in [1.29, 1.82) is 0 Å². The van der Waals surface area contributed by atoms with Crippen molar-refractivity contribution in [2.24, 2.45) is 5.92 Å². The van der Waals surface area contributed by atoms with Crippen molar-refractivity contribution in [3.8, 4) is 0 Å². The molecule has 0 aromatic carbocycles. The van der Waals surface area contributed by atoms with Crippen LogP contribution in [0, 0.1) is 5.92 Å². The Morgan fingerprint density at radius 2 is 2.06 bits per heavy atom. The summed E-state index contributed by atoms with van der Waals surface area (Å²) in [6.45, 7) is 4.12. The molecular formula is C12H20N2O3. The van der Waals surface area contributed by atoms with Gasteiger partial charge >= 0.3 is 5.97 Å². The lowest BCUT2D eigenvalue weighted by Crippen LogP contribution is -2.46. The first-order chi connectivity index (χ1) is 8.20. The molecule has 2 fully saturated rings. The lowest BCUT2D eigenvalue weighted by molar-refractivity contribution is -0.149. The summed E-state index contributed by atoms with van der Waals surface area (Å²) in [5.74, 6) is 0.262. The van der Waals surface area contributed by atoms with Gasteiger partial charge in [-0.3, -0.25) is 9.59 Å². The molecule has 2 rings (SSSR count). The van der Waals surface area contributed by atoms with E-state index in [1.807, 2.05) is 0 Å². The molecule has 0 unspecified atom stereocenters. The van der Waals surface area contributed by atoms with Crippen molar-refractivity contribution in [2.75, 3.05) is 26.2 Å². The van der Waals surface area contributed by atoms with E-state index in [0.29, 0.717) is 18.9 Å². The predicted octanol–water partition coefficient (Wildman–Crippen LogP) is 0.150. The maximum absolute atomic E-state index is 12.1. The number of carbonyl (C=O) groups excluding carboxylic acids is 2. The zero-order valence-electron chi connectivity index (χ0n) is 10.3. The van der Waals surface area contributed by atoms with Crippen LogP contribution in [0.3, 0.4) is 0 Å². The van der Waals surface area contributed by atoms with Crippen molar-refractivity contribution in [3.05, 3.63) is 0 Å². The summed E-state index contributed by atoms with van der Waals surface area (Å²) in [6, 6.07) is 0.278. The third-order valence-corrected chi connectivity index (χ3v) is 3.24. The van der Waals surface area contributed by atoms with Crippen LogP contribution in [0.2, 0.25) is 0 Å². The molecule has 1 heterocycles. The molecule has 5 nitrogen and oxygen atoms in total. The summed E-state index contributed by atoms with van der Waals surface area (Å²) in [7, 11) is 0. The van der Waals surface area contributed by atoms with Crippen LogP contribution in [0.5, 0.6) is 0 Å². The molecule has 1 N–H and O–H groups in total. The van der Waals surface area contributed by atoms with Gasteiger partial charge in [-0.15, -0.1) is 0 Å². The average Bonchev–Trinajstić information content (AvgIpc) is 3.04. The Balaban J connectivity index is 1.82. The molecule has 1 aliphatic heterocycles. The highest BCUT2D eigenvalue weighted by Gasteiger charge is 2.35. The minimum absolute atomic E-state index is 0.104. The van der Waals surface area contributed by atoms with Crippen LogP contribution in [0.4, 0.5) is 0 Å². The van der Waals surface area contributed by atoms with Crippen molar-refractivity contribution < 1.29 is 14.3 Å². The number of esters is 1. The predicted molar refractivity (Wildman–Crippen MR) is 62.3 cm³/mol. The molecule has 5 heteroatoms. The van der Waals surface area contributed by atoms with Gasteiger partial charge in [-0.05, 0) is 38.8 Å². The maximum Gasteiger partial charge on any atom is 0.325 e. The van der Waals surface area contributed by atoms with Crippen LogP contribution in [0.15, 0.2) is 0 Å². The lowest BCUT2D eigenvalue weighted by atomic mass is 9.98. The number of amides is 1. The van der Waals surface area contributed by atoms with Crippen LogP contribution >= 0.6 is 0 Å². The van der Waals surface area contributed by atoms with Gasteiger partial charge in [0.25, 0.3) is 0 Å². The Morgan fingerprint density at radius 3 is 2.53 bits per heavy atom. The summed E-state index contributed by atoms with van der Waals surface area (Å²) in [6.07, 6.45) is 2.60. The number of ether oxygens (including phenoxy) is 1. The second-order valence-corrected chi connectivity index (χ2v) is 4.79. The van der Waals surface area contributed by atoms with E-state index in [0.717, 1.165) is 25.9 Å². The number of hydrogen-bond acceptors (Lipinski definition) is 4. The molecular weight excluding hydrogens is 220 g/mol. The summed E-state index contributed by atoms with van der Waals surface area (Å²) >= 11 is 0. The van der Waals surface area contributed by atoms with E-state index in [2.05, 4.69) is 5.32 Å². The second-order valence-electron chi connectivity index (χ2n) is 4.79. The van der Waals surface area contributed by atoms with Crippen LogP contribution in [0.25, 0.3) is 0 Å². The topological polar surface area (TPSA) is 58.6 Å².